The Morgan fingerprint density at radius 1 is 1.06 bits per heavy atom. The quantitative estimate of drug-likeness (QED) is 0.499. The van der Waals surface area contributed by atoms with Crippen molar-refractivity contribution in [1.82, 2.24) is 14.0 Å². The molecule has 3 aromatic rings. The summed E-state index contributed by atoms with van der Waals surface area (Å²) in [6.45, 7) is 2.58. The summed E-state index contributed by atoms with van der Waals surface area (Å²) in [7, 11) is 2.42. The summed E-state index contributed by atoms with van der Waals surface area (Å²) in [6, 6.07) is 8.51. The third-order valence-electron chi connectivity index (χ3n) is 5.38. The SMILES string of the molecule is CCCn1c(=O)n(CCC(=O)N(C)C(C(=O)OC)c2cc(F)ccc2F)c2ccccc21. The number of halogens is 2. The third-order valence-corrected chi connectivity index (χ3v) is 5.38. The van der Waals surface area contributed by atoms with Crippen molar-refractivity contribution < 1.29 is 23.1 Å². The molecule has 0 saturated carbocycles. The summed E-state index contributed by atoms with van der Waals surface area (Å²) < 4.78 is 35.9. The highest BCUT2D eigenvalue weighted by molar-refractivity contribution is 5.85. The highest BCUT2D eigenvalue weighted by Gasteiger charge is 2.32. The second kappa shape index (κ2) is 9.76. The van der Waals surface area contributed by atoms with Gasteiger partial charge in [-0.2, -0.15) is 0 Å². The smallest absolute Gasteiger partial charge is 0.333 e. The first-order chi connectivity index (χ1) is 15.3. The van der Waals surface area contributed by atoms with Crippen LogP contribution in [0.3, 0.4) is 0 Å². The van der Waals surface area contributed by atoms with Crippen molar-refractivity contribution in [2.75, 3.05) is 14.2 Å². The van der Waals surface area contributed by atoms with Crippen molar-refractivity contribution in [1.29, 1.82) is 0 Å². The molecule has 170 valence electrons. The molecule has 32 heavy (non-hydrogen) atoms. The molecule has 1 unspecified atom stereocenters. The number of methoxy groups -OCH3 is 1. The van der Waals surface area contributed by atoms with Gasteiger partial charge >= 0.3 is 11.7 Å². The van der Waals surface area contributed by atoms with Crippen LogP contribution in [0.2, 0.25) is 0 Å². The molecule has 9 heteroatoms. The Hall–Kier alpha value is -3.49. The van der Waals surface area contributed by atoms with E-state index >= 15 is 0 Å². The second-order valence-corrected chi connectivity index (χ2v) is 7.42. The third kappa shape index (κ3) is 4.42. The Balaban J connectivity index is 1.88. The number of hydrogen-bond donors (Lipinski definition) is 0. The van der Waals surface area contributed by atoms with Crippen LogP contribution in [-0.2, 0) is 27.4 Å². The summed E-state index contributed by atoms with van der Waals surface area (Å²) >= 11 is 0. The van der Waals surface area contributed by atoms with Gasteiger partial charge in [-0.25, -0.2) is 18.4 Å². The first-order valence-corrected chi connectivity index (χ1v) is 10.3. The predicted molar refractivity (Wildman–Crippen MR) is 115 cm³/mol. The normalized spacial score (nSPS) is 12.0. The van der Waals surface area contributed by atoms with Gasteiger partial charge in [0, 0.05) is 32.1 Å². The van der Waals surface area contributed by atoms with Crippen LogP contribution < -0.4 is 5.69 Å². The zero-order chi connectivity index (χ0) is 23.4. The average molecular weight is 445 g/mol. The summed E-state index contributed by atoms with van der Waals surface area (Å²) in [4.78, 5) is 39.1. The van der Waals surface area contributed by atoms with Gasteiger partial charge in [-0.05, 0) is 36.8 Å². The number of nitrogens with zero attached hydrogens (tertiary/aromatic N) is 3. The van der Waals surface area contributed by atoms with Gasteiger partial charge in [0.2, 0.25) is 5.91 Å². The molecule has 0 aliphatic heterocycles. The zero-order valence-electron chi connectivity index (χ0n) is 18.2. The van der Waals surface area contributed by atoms with E-state index in [9.17, 15) is 23.2 Å². The number of carbonyl (C=O) groups excluding carboxylic acids is 2. The zero-order valence-corrected chi connectivity index (χ0v) is 18.2. The van der Waals surface area contributed by atoms with Crippen molar-refractivity contribution in [3.63, 3.8) is 0 Å². The maximum atomic E-state index is 14.3. The number of likely N-dealkylation sites (N-methyl/N-ethyl adjacent to an activating group) is 1. The van der Waals surface area contributed by atoms with Crippen LogP contribution in [0, 0.1) is 11.6 Å². The van der Waals surface area contributed by atoms with Crippen molar-refractivity contribution in [2.45, 2.75) is 38.9 Å². The molecule has 0 saturated heterocycles. The van der Waals surface area contributed by atoms with Crippen LogP contribution in [0.4, 0.5) is 8.78 Å². The predicted octanol–water partition coefficient (Wildman–Crippen LogP) is 3.25. The number of imidazole rings is 1. The Kier molecular flexibility index (Phi) is 7.07. The first-order valence-electron chi connectivity index (χ1n) is 10.3. The fraction of sp³-hybridized carbons (Fsp3) is 0.348. The van der Waals surface area contributed by atoms with Gasteiger partial charge in [0.05, 0.1) is 18.1 Å². The minimum Gasteiger partial charge on any atom is -0.467 e. The summed E-state index contributed by atoms with van der Waals surface area (Å²) in [5.74, 6) is -3.00. The molecule has 1 heterocycles. The van der Waals surface area contributed by atoms with E-state index in [0.29, 0.717) is 12.1 Å². The fourth-order valence-corrected chi connectivity index (χ4v) is 3.79. The van der Waals surface area contributed by atoms with Gasteiger partial charge < -0.3 is 9.64 Å². The largest absolute Gasteiger partial charge is 0.467 e. The minimum atomic E-state index is -1.46. The molecular formula is C23H25F2N3O4. The van der Waals surface area contributed by atoms with Gasteiger partial charge in [0.1, 0.15) is 11.6 Å². The van der Waals surface area contributed by atoms with Gasteiger partial charge in [-0.15, -0.1) is 0 Å². The standard InChI is InChI=1S/C23H25F2N3O4/c1-4-12-27-18-7-5-6-8-19(18)28(23(27)31)13-11-20(29)26(2)21(22(30)32-3)16-14-15(24)9-10-17(16)25/h5-10,14,21H,4,11-13H2,1-3H3. The number of aromatic nitrogens is 2. The van der Waals surface area contributed by atoms with Crippen LogP contribution in [0.1, 0.15) is 31.4 Å². The van der Waals surface area contributed by atoms with Crippen LogP contribution >= 0.6 is 0 Å². The minimum absolute atomic E-state index is 0.0682. The van der Waals surface area contributed by atoms with Crippen LogP contribution in [0.5, 0.6) is 0 Å². The number of amides is 1. The molecule has 0 aliphatic carbocycles. The molecule has 2 aromatic carbocycles. The molecule has 0 bridgehead atoms. The monoisotopic (exact) mass is 445 g/mol. The summed E-state index contributed by atoms with van der Waals surface area (Å²) in [5.41, 5.74) is 0.935. The van der Waals surface area contributed by atoms with Crippen molar-refractivity contribution in [2.24, 2.45) is 0 Å². The highest BCUT2D eigenvalue weighted by Crippen LogP contribution is 2.25. The Morgan fingerprint density at radius 2 is 1.69 bits per heavy atom. The van der Waals surface area contributed by atoms with E-state index in [1.807, 2.05) is 25.1 Å². The lowest BCUT2D eigenvalue weighted by Crippen LogP contribution is -2.38. The van der Waals surface area contributed by atoms with Crippen LogP contribution in [0.25, 0.3) is 11.0 Å². The average Bonchev–Trinajstić information content (AvgIpc) is 3.05. The molecule has 3 rings (SSSR count). The number of hydrogen-bond acceptors (Lipinski definition) is 4. The van der Waals surface area contributed by atoms with Crippen molar-refractivity contribution in [3.8, 4) is 0 Å². The van der Waals surface area contributed by atoms with Gasteiger partial charge in [-0.1, -0.05) is 19.1 Å². The van der Waals surface area contributed by atoms with Gasteiger partial charge in [0.15, 0.2) is 6.04 Å². The first kappa shape index (κ1) is 23.2. The lowest BCUT2D eigenvalue weighted by Gasteiger charge is -2.27. The number of esters is 1. The van der Waals surface area contributed by atoms with E-state index < -0.39 is 29.6 Å². The number of fused-ring (bicyclic) bond motifs is 1. The fourth-order valence-electron chi connectivity index (χ4n) is 3.79. The molecule has 1 amide bonds. The maximum absolute atomic E-state index is 14.3. The van der Waals surface area contributed by atoms with Crippen LogP contribution in [0.15, 0.2) is 47.3 Å². The van der Waals surface area contributed by atoms with Gasteiger partial charge in [-0.3, -0.25) is 13.9 Å². The van der Waals surface area contributed by atoms with Crippen LogP contribution in [-0.4, -0.2) is 40.1 Å². The number of aryl methyl sites for hydroxylation is 2. The van der Waals surface area contributed by atoms with E-state index in [2.05, 4.69) is 0 Å². The van der Waals surface area contributed by atoms with E-state index in [1.54, 1.807) is 10.6 Å². The number of carbonyl (C=O) groups is 2. The Bertz CT molecular complexity index is 1200. The van der Waals surface area contributed by atoms with Crippen molar-refractivity contribution >= 4 is 22.9 Å². The molecule has 0 fully saturated rings. The molecule has 7 nitrogen and oxygen atoms in total. The summed E-state index contributed by atoms with van der Waals surface area (Å²) in [5, 5.41) is 0. The number of rotatable bonds is 8. The maximum Gasteiger partial charge on any atom is 0.333 e. The number of ether oxygens (including phenoxy) is 1. The van der Waals surface area contributed by atoms with E-state index in [0.717, 1.165) is 42.1 Å². The van der Waals surface area contributed by atoms with E-state index in [-0.39, 0.29) is 24.2 Å². The second-order valence-electron chi connectivity index (χ2n) is 7.42. The van der Waals surface area contributed by atoms with Crippen molar-refractivity contribution in [3.05, 3.63) is 70.1 Å². The van der Waals surface area contributed by atoms with E-state index in [4.69, 9.17) is 4.74 Å². The molecule has 1 atom stereocenters. The molecule has 0 radical (unpaired) electrons. The van der Waals surface area contributed by atoms with Gasteiger partial charge in [0.25, 0.3) is 0 Å². The number of benzene rings is 2. The Morgan fingerprint density at radius 3 is 2.28 bits per heavy atom. The molecule has 0 aliphatic rings. The lowest BCUT2D eigenvalue weighted by molar-refractivity contribution is -0.152. The Labute approximate surface area is 183 Å². The molecule has 0 spiro atoms. The molecule has 1 aromatic heterocycles. The molecule has 0 N–H and O–H groups in total. The summed E-state index contributed by atoms with van der Waals surface area (Å²) in [6.07, 6.45) is 0.649. The highest BCUT2D eigenvalue weighted by atomic mass is 19.1. The topological polar surface area (TPSA) is 73.5 Å². The van der Waals surface area contributed by atoms with E-state index in [1.165, 1.54) is 11.6 Å². The number of para-hydroxylation sites is 2. The lowest BCUT2D eigenvalue weighted by atomic mass is 10.0. The molecular weight excluding hydrogens is 420 g/mol.